The summed E-state index contributed by atoms with van der Waals surface area (Å²) in [6, 6.07) is 19.6. The molecule has 0 aliphatic heterocycles. The number of hydrogen-bond donors (Lipinski definition) is 2. The van der Waals surface area contributed by atoms with Gasteiger partial charge < -0.3 is 14.9 Å². The van der Waals surface area contributed by atoms with Crippen LogP contribution in [-0.2, 0) is 0 Å². The summed E-state index contributed by atoms with van der Waals surface area (Å²) in [5, 5.41) is 28.0. The first-order valence-corrected chi connectivity index (χ1v) is 7.36. The van der Waals surface area contributed by atoms with Gasteiger partial charge in [0.25, 0.3) is 0 Å². The number of rotatable bonds is 4. The molecule has 3 aromatic rings. The minimum Gasteiger partial charge on any atom is -0.506 e. The summed E-state index contributed by atoms with van der Waals surface area (Å²) in [5.74, 6) is 0.380. The molecule has 0 bridgehead atoms. The summed E-state index contributed by atoms with van der Waals surface area (Å²) in [6.45, 7) is 0. The van der Waals surface area contributed by atoms with Gasteiger partial charge >= 0.3 is 0 Å². The SMILES string of the molecule is COc1c(-c2ccccc2)ccc(O)c1N=Nc1ccccc1O. The van der Waals surface area contributed by atoms with Gasteiger partial charge in [-0.1, -0.05) is 42.5 Å². The fourth-order valence-corrected chi connectivity index (χ4v) is 2.36. The van der Waals surface area contributed by atoms with Gasteiger partial charge in [0.05, 0.1) is 7.11 Å². The van der Waals surface area contributed by atoms with Crippen LogP contribution in [0.5, 0.6) is 17.2 Å². The zero-order chi connectivity index (χ0) is 16.9. The highest BCUT2D eigenvalue weighted by molar-refractivity contribution is 5.80. The Morgan fingerprint density at radius 3 is 2.17 bits per heavy atom. The average Bonchev–Trinajstić information content (AvgIpc) is 2.62. The fraction of sp³-hybridized carbons (Fsp3) is 0.0526. The Kier molecular flexibility index (Phi) is 4.43. The summed E-state index contributed by atoms with van der Waals surface area (Å²) >= 11 is 0. The van der Waals surface area contributed by atoms with Crippen molar-refractivity contribution < 1.29 is 14.9 Å². The van der Waals surface area contributed by atoms with Crippen molar-refractivity contribution in [1.29, 1.82) is 0 Å². The lowest BCUT2D eigenvalue weighted by Gasteiger charge is -2.12. The first-order valence-electron chi connectivity index (χ1n) is 7.36. The van der Waals surface area contributed by atoms with Crippen molar-refractivity contribution in [1.82, 2.24) is 0 Å². The molecule has 0 fully saturated rings. The van der Waals surface area contributed by atoms with Crippen LogP contribution in [0.1, 0.15) is 0 Å². The van der Waals surface area contributed by atoms with Crippen LogP contribution in [-0.4, -0.2) is 17.3 Å². The second kappa shape index (κ2) is 6.83. The van der Waals surface area contributed by atoms with Gasteiger partial charge in [0.2, 0.25) is 0 Å². The lowest BCUT2D eigenvalue weighted by molar-refractivity contribution is 0.411. The predicted octanol–water partition coefficient (Wildman–Crippen LogP) is 5.19. The van der Waals surface area contributed by atoms with Crippen molar-refractivity contribution in [2.75, 3.05) is 7.11 Å². The third-order valence-corrected chi connectivity index (χ3v) is 3.54. The van der Waals surface area contributed by atoms with Crippen molar-refractivity contribution in [2.45, 2.75) is 0 Å². The number of para-hydroxylation sites is 1. The number of phenolic OH excluding ortho intramolecular Hbond substituents is 2. The molecule has 3 aromatic carbocycles. The molecule has 5 heteroatoms. The third-order valence-electron chi connectivity index (χ3n) is 3.54. The molecule has 0 saturated heterocycles. The summed E-state index contributed by atoms with van der Waals surface area (Å²) in [4.78, 5) is 0. The van der Waals surface area contributed by atoms with Crippen LogP contribution in [0, 0.1) is 0 Å². The molecular formula is C19H16N2O3. The maximum atomic E-state index is 10.1. The molecule has 0 heterocycles. The Morgan fingerprint density at radius 2 is 1.46 bits per heavy atom. The number of methoxy groups -OCH3 is 1. The molecule has 0 aliphatic rings. The molecule has 0 atom stereocenters. The van der Waals surface area contributed by atoms with Crippen LogP contribution >= 0.6 is 0 Å². The molecule has 2 N–H and O–H groups in total. The van der Waals surface area contributed by atoms with Crippen LogP contribution in [0.2, 0.25) is 0 Å². The third kappa shape index (κ3) is 3.05. The second-order valence-corrected chi connectivity index (χ2v) is 5.07. The molecule has 0 amide bonds. The van der Waals surface area contributed by atoms with Crippen molar-refractivity contribution >= 4 is 11.4 Å². The number of ether oxygens (including phenoxy) is 1. The van der Waals surface area contributed by atoms with Crippen molar-refractivity contribution in [3.05, 3.63) is 66.7 Å². The topological polar surface area (TPSA) is 74.4 Å². The quantitative estimate of drug-likeness (QED) is 0.650. The van der Waals surface area contributed by atoms with E-state index in [1.54, 1.807) is 30.3 Å². The molecular weight excluding hydrogens is 304 g/mol. The van der Waals surface area contributed by atoms with Gasteiger partial charge in [0.1, 0.15) is 17.2 Å². The molecule has 0 spiro atoms. The van der Waals surface area contributed by atoms with Crippen LogP contribution < -0.4 is 4.74 Å². The van der Waals surface area contributed by atoms with Crippen LogP contribution in [0.3, 0.4) is 0 Å². The van der Waals surface area contributed by atoms with E-state index in [1.165, 1.54) is 13.2 Å². The Bertz CT molecular complexity index is 877. The van der Waals surface area contributed by atoms with Crippen molar-refractivity contribution in [2.24, 2.45) is 10.2 Å². The van der Waals surface area contributed by atoms with Gasteiger partial charge in [-0.05, 0) is 29.8 Å². The van der Waals surface area contributed by atoms with Crippen molar-refractivity contribution in [3.63, 3.8) is 0 Å². The van der Waals surface area contributed by atoms with E-state index in [1.807, 2.05) is 30.3 Å². The monoisotopic (exact) mass is 320 g/mol. The van der Waals surface area contributed by atoms with Gasteiger partial charge in [-0.2, -0.15) is 0 Å². The fourth-order valence-electron chi connectivity index (χ4n) is 2.36. The van der Waals surface area contributed by atoms with E-state index in [-0.39, 0.29) is 17.2 Å². The molecule has 0 aliphatic carbocycles. The summed E-state index contributed by atoms with van der Waals surface area (Å²) in [5.41, 5.74) is 2.25. The Hall–Kier alpha value is -3.34. The Balaban J connectivity index is 2.09. The second-order valence-electron chi connectivity index (χ2n) is 5.07. The number of hydrogen-bond acceptors (Lipinski definition) is 5. The molecule has 0 unspecified atom stereocenters. The van der Waals surface area contributed by atoms with Gasteiger partial charge in [0.15, 0.2) is 11.4 Å². The molecule has 0 saturated carbocycles. The first kappa shape index (κ1) is 15.6. The van der Waals surface area contributed by atoms with Crippen LogP contribution in [0.4, 0.5) is 11.4 Å². The van der Waals surface area contributed by atoms with E-state index in [2.05, 4.69) is 10.2 Å². The largest absolute Gasteiger partial charge is 0.506 e. The van der Waals surface area contributed by atoms with E-state index in [9.17, 15) is 10.2 Å². The molecule has 5 nitrogen and oxygen atoms in total. The number of benzene rings is 3. The number of aromatic hydroxyl groups is 2. The first-order chi connectivity index (χ1) is 11.7. The highest BCUT2D eigenvalue weighted by Crippen LogP contribution is 2.44. The minimum absolute atomic E-state index is 0.0129. The number of azo groups is 1. The Labute approximate surface area is 139 Å². The van der Waals surface area contributed by atoms with E-state index >= 15 is 0 Å². The zero-order valence-electron chi connectivity index (χ0n) is 13.0. The Morgan fingerprint density at radius 1 is 0.750 bits per heavy atom. The lowest BCUT2D eigenvalue weighted by atomic mass is 10.0. The van der Waals surface area contributed by atoms with E-state index in [0.29, 0.717) is 11.4 Å². The summed E-state index contributed by atoms with van der Waals surface area (Å²) in [7, 11) is 1.51. The standard InChI is InChI=1S/C19H16N2O3/c1-24-19-14(13-7-3-2-4-8-13)11-12-17(23)18(19)21-20-15-9-5-6-10-16(15)22/h2-12,22-23H,1H3. The predicted molar refractivity (Wildman–Crippen MR) is 92.4 cm³/mol. The summed E-state index contributed by atoms with van der Waals surface area (Å²) < 4.78 is 5.45. The normalized spacial score (nSPS) is 10.9. The van der Waals surface area contributed by atoms with Crippen LogP contribution in [0.15, 0.2) is 77.0 Å². The zero-order valence-corrected chi connectivity index (χ0v) is 13.0. The summed E-state index contributed by atoms with van der Waals surface area (Å²) in [6.07, 6.45) is 0. The minimum atomic E-state index is -0.0503. The molecule has 24 heavy (non-hydrogen) atoms. The maximum absolute atomic E-state index is 10.1. The van der Waals surface area contributed by atoms with Gasteiger partial charge in [-0.15, -0.1) is 10.2 Å². The van der Waals surface area contributed by atoms with Gasteiger partial charge in [-0.3, -0.25) is 0 Å². The van der Waals surface area contributed by atoms with E-state index in [0.717, 1.165) is 11.1 Å². The maximum Gasteiger partial charge on any atom is 0.170 e. The highest BCUT2D eigenvalue weighted by atomic mass is 16.5. The number of phenols is 2. The van der Waals surface area contributed by atoms with E-state index < -0.39 is 0 Å². The average molecular weight is 320 g/mol. The molecule has 3 rings (SSSR count). The van der Waals surface area contributed by atoms with E-state index in [4.69, 9.17) is 4.74 Å². The molecule has 120 valence electrons. The highest BCUT2D eigenvalue weighted by Gasteiger charge is 2.15. The van der Waals surface area contributed by atoms with Gasteiger partial charge in [0, 0.05) is 5.56 Å². The van der Waals surface area contributed by atoms with Gasteiger partial charge in [-0.25, -0.2) is 0 Å². The molecule has 0 radical (unpaired) electrons. The van der Waals surface area contributed by atoms with Crippen molar-refractivity contribution in [3.8, 4) is 28.4 Å². The number of nitrogens with zero attached hydrogens (tertiary/aromatic N) is 2. The van der Waals surface area contributed by atoms with Crippen LogP contribution in [0.25, 0.3) is 11.1 Å². The smallest absolute Gasteiger partial charge is 0.170 e. The molecule has 0 aromatic heterocycles. The lowest BCUT2D eigenvalue weighted by Crippen LogP contribution is -1.89.